The van der Waals surface area contributed by atoms with Gasteiger partial charge in [-0.1, -0.05) is 17.8 Å². The molecule has 7 nitrogen and oxygen atoms in total. The Morgan fingerprint density at radius 2 is 1.88 bits per heavy atom. The number of amides is 1. The van der Waals surface area contributed by atoms with Gasteiger partial charge in [-0.3, -0.25) is 4.79 Å². The third kappa shape index (κ3) is 3.22. The molecule has 0 saturated carbocycles. The fraction of sp³-hybridized carbons (Fsp3) is 0.438. The number of nitrogens with zero attached hydrogens (tertiary/aromatic N) is 3. The van der Waals surface area contributed by atoms with Crippen molar-refractivity contribution in [3.05, 3.63) is 17.1 Å². The van der Waals surface area contributed by atoms with E-state index in [0.29, 0.717) is 18.1 Å². The van der Waals surface area contributed by atoms with Crippen LogP contribution in [0.5, 0.6) is 0 Å². The van der Waals surface area contributed by atoms with Crippen LogP contribution in [-0.4, -0.2) is 47.4 Å². The molecule has 1 amide bonds. The minimum atomic E-state index is -3.41. The van der Waals surface area contributed by atoms with Crippen LogP contribution < -0.4 is 5.32 Å². The number of sulfonamides is 1. The molecule has 0 bridgehead atoms. The van der Waals surface area contributed by atoms with Crippen LogP contribution in [0.15, 0.2) is 12.1 Å². The predicted octanol–water partition coefficient (Wildman–Crippen LogP) is 2.97. The van der Waals surface area contributed by atoms with E-state index >= 15 is 0 Å². The van der Waals surface area contributed by atoms with Gasteiger partial charge in [0.1, 0.15) is 6.04 Å². The van der Waals surface area contributed by atoms with Gasteiger partial charge < -0.3 is 5.32 Å². The average molecular weight is 411 g/mol. The van der Waals surface area contributed by atoms with Gasteiger partial charge in [0.2, 0.25) is 15.9 Å². The van der Waals surface area contributed by atoms with Crippen molar-refractivity contribution in [3.8, 4) is 0 Å². The molecule has 1 aliphatic heterocycles. The van der Waals surface area contributed by atoms with Gasteiger partial charge in [0.05, 0.1) is 31.7 Å². The van der Waals surface area contributed by atoms with E-state index < -0.39 is 16.1 Å². The second-order valence-electron chi connectivity index (χ2n) is 6.39. The summed E-state index contributed by atoms with van der Waals surface area (Å²) in [5, 5.41) is 4.29. The number of hydrogen-bond donors (Lipinski definition) is 1. The first-order chi connectivity index (χ1) is 12.3. The third-order valence-corrected chi connectivity index (χ3v) is 7.86. The van der Waals surface area contributed by atoms with E-state index in [1.807, 2.05) is 19.1 Å². The van der Waals surface area contributed by atoms with E-state index in [1.54, 1.807) is 11.3 Å². The highest BCUT2D eigenvalue weighted by Gasteiger charge is 2.34. The highest BCUT2D eigenvalue weighted by Crippen LogP contribution is 2.36. The van der Waals surface area contributed by atoms with Gasteiger partial charge in [0, 0.05) is 6.54 Å². The molecule has 3 heterocycles. The maximum absolute atomic E-state index is 12.7. The van der Waals surface area contributed by atoms with E-state index in [-0.39, 0.29) is 5.91 Å². The summed E-state index contributed by atoms with van der Waals surface area (Å²) in [7, 11) is -3.41. The van der Waals surface area contributed by atoms with Crippen molar-refractivity contribution >= 4 is 64.2 Å². The Morgan fingerprint density at radius 3 is 2.62 bits per heavy atom. The SMILES string of the molecule is Cc1nc2ccc3nc(NC(=O)C4CCCCN4S(C)(=O)=O)sc3c2s1. The molecule has 1 aliphatic rings. The van der Waals surface area contributed by atoms with E-state index in [0.717, 1.165) is 44.5 Å². The number of carbonyl (C=O) groups is 1. The highest BCUT2D eigenvalue weighted by atomic mass is 32.2. The molecule has 0 aliphatic carbocycles. The lowest BCUT2D eigenvalue weighted by Crippen LogP contribution is -2.49. The number of rotatable bonds is 3. The Labute approximate surface area is 159 Å². The van der Waals surface area contributed by atoms with Gasteiger partial charge in [-0.15, -0.1) is 11.3 Å². The zero-order valence-corrected chi connectivity index (χ0v) is 16.8. The summed E-state index contributed by atoms with van der Waals surface area (Å²) in [4.78, 5) is 21.7. The zero-order chi connectivity index (χ0) is 18.5. The summed E-state index contributed by atoms with van der Waals surface area (Å²) in [6, 6.07) is 3.15. The Kier molecular flexibility index (Phi) is 4.46. The number of fused-ring (bicyclic) bond motifs is 3. The lowest BCUT2D eigenvalue weighted by atomic mass is 10.0. The van der Waals surface area contributed by atoms with Gasteiger partial charge in [-0.25, -0.2) is 18.4 Å². The number of piperidine rings is 1. The number of benzene rings is 1. The topological polar surface area (TPSA) is 92.3 Å². The Hall–Kier alpha value is -1.62. The van der Waals surface area contributed by atoms with Crippen LogP contribution in [0.4, 0.5) is 5.13 Å². The fourth-order valence-corrected chi connectivity index (χ4v) is 6.42. The zero-order valence-electron chi connectivity index (χ0n) is 14.4. The molecule has 1 aromatic carbocycles. The lowest BCUT2D eigenvalue weighted by Gasteiger charge is -2.32. The summed E-state index contributed by atoms with van der Waals surface area (Å²) < 4.78 is 27.3. The van der Waals surface area contributed by atoms with Crippen LogP contribution in [0.25, 0.3) is 20.4 Å². The molecule has 1 saturated heterocycles. The van der Waals surface area contributed by atoms with Crippen molar-refractivity contribution in [2.24, 2.45) is 0 Å². The first-order valence-electron chi connectivity index (χ1n) is 8.27. The number of aromatic nitrogens is 2. The summed E-state index contributed by atoms with van der Waals surface area (Å²) in [5.74, 6) is -0.314. The first kappa shape index (κ1) is 17.8. The van der Waals surface area contributed by atoms with Crippen molar-refractivity contribution in [2.45, 2.75) is 32.2 Å². The molecular formula is C16H18N4O3S3. The summed E-state index contributed by atoms with van der Waals surface area (Å²) >= 11 is 3.01. The first-order valence-corrected chi connectivity index (χ1v) is 11.8. The molecule has 4 rings (SSSR count). The van der Waals surface area contributed by atoms with Crippen LogP contribution in [0, 0.1) is 6.92 Å². The van der Waals surface area contributed by atoms with Crippen molar-refractivity contribution in [1.29, 1.82) is 0 Å². The fourth-order valence-electron chi connectivity index (χ4n) is 3.29. The molecule has 1 unspecified atom stereocenters. The number of anilines is 1. The van der Waals surface area contributed by atoms with Gasteiger partial charge >= 0.3 is 0 Å². The molecule has 26 heavy (non-hydrogen) atoms. The molecular weight excluding hydrogens is 392 g/mol. The van der Waals surface area contributed by atoms with Gasteiger partial charge in [0.15, 0.2) is 5.13 Å². The van der Waals surface area contributed by atoms with Crippen LogP contribution in [0.1, 0.15) is 24.3 Å². The quantitative estimate of drug-likeness (QED) is 0.717. The number of aryl methyl sites for hydroxylation is 1. The Bertz CT molecular complexity index is 1100. The Balaban J connectivity index is 1.64. The molecule has 0 spiro atoms. The minimum Gasteiger partial charge on any atom is -0.301 e. The van der Waals surface area contributed by atoms with E-state index in [1.165, 1.54) is 15.6 Å². The number of hydrogen-bond acceptors (Lipinski definition) is 7. The normalized spacial score (nSPS) is 19.2. The van der Waals surface area contributed by atoms with Gasteiger partial charge in [-0.05, 0) is 31.9 Å². The summed E-state index contributed by atoms with van der Waals surface area (Å²) in [6.45, 7) is 2.35. The van der Waals surface area contributed by atoms with Gasteiger partial charge in [0.25, 0.3) is 0 Å². The molecule has 138 valence electrons. The molecule has 10 heteroatoms. The molecule has 2 aromatic heterocycles. The number of carbonyl (C=O) groups excluding carboxylic acids is 1. The largest absolute Gasteiger partial charge is 0.301 e. The van der Waals surface area contributed by atoms with Crippen molar-refractivity contribution in [2.75, 3.05) is 18.1 Å². The third-order valence-electron chi connectivity index (χ3n) is 4.43. The maximum atomic E-state index is 12.7. The number of thiazole rings is 2. The molecule has 0 radical (unpaired) electrons. The summed E-state index contributed by atoms with van der Waals surface area (Å²) in [6.07, 6.45) is 3.30. The molecule has 1 atom stereocenters. The van der Waals surface area contributed by atoms with E-state index in [4.69, 9.17) is 0 Å². The maximum Gasteiger partial charge on any atom is 0.244 e. The van der Waals surface area contributed by atoms with Crippen LogP contribution in [0.3, 0.4) is 0 Å². The average Bonchev–Trinajstić information content (AvgIpc) is 3.15. The van der Waals surface area contributed by atoms with Gasteiger partial charge in [-0.2, -0.15) is 4.31 Å². The monoisotopic (exact) mass is 410 g/mol. The van der Waals surface area contributed by atoms with Crippen molar-refractivity contribution in [1.82, 2.24) is 14.3 Å². The van der Waals surface area contributed by atoms with E-state index in [9.17, 15) is 13.2 Å². The smallest absolute Gasteiger partial charge is 0.244 e. The van der Waals surface area contributed by atoms with E-state index in [2.05, 4.69) is 15.3 Å². The molecule has 3 aromatic rings. The van der Waals surface area contributed by atoms with Crippen molar-refractivity contribution < 1.29 is 13.2 Å². The van der Waals surface area contributed by atoms with Crippen LogP contribution in [0.2, 0.25) is 0 Å². The number of nitrogens with one attached hydrogen (secondary N) is 1. The second kappa shape index (κ2) is 6.52. The molecule has 1 fully saturated rings. The lowest BCUT2D eigenvalue weighted by molar-refractivity contribution is -0.120. The Morgan fingerprint density at radius 1 is 1.19 bits per heavy atom. The predicted molar refractivity (Wildman–Crippen MR) is 105 cm³/mol. The highest BCUT2D eigenvalue weighted by molar-refractivity contribution is 7.88. The van der Waals surface area contributed by atoms with Crippen LogP contribution >= 0.6 is 22.7 Å². The minimum absolute atomic E-state index is 0.314. The summed E-state index contributed by atoms with van der Waals surface area (Å²) in [5.41, 5.74) is 1.74. The second-order valence-corrected chi connectivity index (χ2v) is 10.5. The van der Waals surface area contributed by atoms with Crippen molar-refractivity contribution in [3.63, 3.8) is 0 Å². The standard InChI is InChI=1S/C16H18N4O3S3/c1-9-17-10-6-7-11-14(13(10)24-9)25-16(18-11)19-15(21)12-5-3-4-8-20(12)26(2,22)23/h6-7,12H,3-5,8H2,1-2H3,(H,18,19,21). The molecule has 1 N–H and O–H groups in total. The van der Waals surface area contributed by atoms with Crippen LogP contribution in [-0.2, 0) is 14.8 Å².